The molecule has 7 heteroatoms. The molecule has 1 aromatic carbocycles. The number of carbonyl (C=O) groups is 2. The Bertz CT molecular complexity index is 572. The number of rotatable bonds is 2. The molecule has 1 aliphatic heterocycles. The van der Waals surface area contributed by atoms with Crippen LogP contribution in [0, 0.1) is 11.6 Å². The van der Waals surface area contributed by atoms with Crippen LogP contribution in [0.25, 0.3) is 0 Å². The van der Waals surface area contributed by atoms with Gasteiger partial charge in [-0.05, 0) is 12.1 Å². The van der Waals surface area contributed by atoms with E-state index in [9.17, 15) is 18.4 Å². The van der Waals surface area contributed by atoms with E-state index in [2.05, 4.69) is 10.4 Å². The number of amides is 2. The van der Waals surface area contributed by atoms with Gasteiger partial charge in [-0.15, -0.1) is 0 Å². The number of halogens is 2. The fraction of sp³-hybridized carbons (Fsp3) is 0.250. The van der Waals surface area contributed by atoms with Crippen LogP contribution in [0.3, 0.4) is 0 Å². The van der Waals surface area contributed by atoms with Gasteiger partial charge in [-0.25, -0.2) is 13.8 Å². The van der Waals surface area contributed by atoms with Crippen molar-refractivity contribution in [3.63, 3.8) is 0 Å². The Labute approximate surface area is 107 Å². The van der Waals surface area contributed by atoms with Crippen LogP contribution < -0.4 is 5.32 Å². The molecule has 1 aromatic rings. The average Bonchev–Trinajstić information content (AvgIpc) is 2.37. The summed E-state index contributed by atoms with van der Waals surface area (Å²) in [6.07, 6.45) is 0.416. The lowest BCUT2D eigenvalue weighted by molar-refractivity contribution is -0.130. The highest BCUT2D eigenvalue weighted by atomic mass is 19.2. The van der Waals surface area contributed by atoms with Crippen molar-refractivity contribution >= 4 is 23.2 Å². The molecule has 0 atom stereocenters. The summed E-state index contributed by atoms with van der Waals surface area (Å²) < 4.78 is 25.7. The van der Waals surface area contributed by atoms with Crippen LogP contribution >= 0.6 is 0 Å². The maximum absolute atomic E-state index is 13.0. The highest BCUT2D eigenvalue weighted by Gasteiger charge is 2.22. The second-order valence-corrected chi connectivity index (χ2v) is 4.05. The van der Waals surface area contributed by atoms with Crippen LogP contribution in [0.4, 0.5) is 14.5 Å². The monoisotopic (exact) mass is 267 g/mol. The van der Waals surface area contributed by atoms with Gasteiger partial charge in [0.2, 0.25) is 5.91 Å². The molecule has 0 spiro atoms. The van der Waals surface area contributed by atoms with Crippen molar-refractivity contribution in [1.29, 1.82) is 0 Å². The maximum atomic E-state index is 13.0. The van der Waals surface area contributed by atoms with Gasteiger partial charge >= 0.3 is 0 Å². The molecule has 1 heterocycles. The summed E-state index contributed by atoms with van der Waals surface area (Å²) in [5.74, 6) is -2.75. The topological polar surface area (TPSA) is 61.8 Å². The van der Waals surface area contributed by atoms with Crippen molar-refractivity contribution in [2.24, 2.45) is 5.10 Å². The summed E-state index contributed by atoms with van der Waals surface area (Å²) in [5.41, 5.74) is 0.304. The lowest BCUT2D eigenvalue weighted by atomic mass is 10.1. The Morgan fingerprint density at radius 3 is 2.68 bits per heavy atom. The van der Waals surface area contributed by atoms with Crippen LogP contribution in [0.2, 0.25) is 0 Å². The first-order valence-corrected chi connectivity index (χ1v) is 5.58. The highest BCUT2D eigenvalue weighted by molar-refractivity contribution is 6.43. The van der Waals surface area contributed by atoms with Gasteiger partial charge in [-0.1, -0.05) is 0 Å². The summed E-state index contributed by atoms with van der Waals surface area (Å²) in [7, 11) is 1.45. The zero-order valence-electron chi connectivity index (χ0n) is 10.1. The predicted octanol–water partition coefficient (Wildman–Crippen LogP) is 1.51. The van der Waals surface area contributed by atoms with E-state index in [0.29, 0.717) is 0 Å². The lowest BCUT2D eigenvalue weighted by Crippen LogP contribution is -2.34. The highest BCUT2D eigenvalue weighted by Crippen LogP contribution is 2.14. The minimum absolute atomic E-state index is 0.131. The molecule has 19 heavy (non-hydrogen) atoms. The molecule has 0 unspecified atom stereocenters. The zero-order valence-corrected chi connectivity index (χ0v) is 10.1. The Balaban J connectivity index is 2.11. The fourth-order valence-electron chi connectivity index (χ4n) is 1.61. The van der Waals surface area contributed by atoms with Gasteiger partial charge in [-0.2, -0.15) is 5.10 Å². The molecular formula is C12H11F2N3O2. The summed E-state index contributed by atoms with van der Waals surface area (Å²) in [6.45, 7) is 0. The number of nitrogens with zero attached hydrogens (tertiary/aromatic N) is 2. The van der Waals surface area contributed by atoms with Gasteiger partial charge < -0.3 is 5.32 Å². The number of carbonyl (C=O) groups excluding carboxylic acids is 2. The third kappa shape index (κ3) is 2.93. The standard InChI is InChI=1S/C12H11F2N3O2/c1-17-11(18)5-4-10(16-17)12(19)15-7-2-3-8(13)9(14)6-7/h2-3,6H,4-5H2,1H3,(H,15,19). The Kier molecular flexibility index (Phi) is 3.55. The van der Waals surface area contributed by atoms with Crippen LogP contribution in [0.5, 0.6) is 0 Å². The van der Waals surface area contributed by atoms with E-state index in [0.717, 1.165) is 17.1 Å². The molecule has 1 aliphatic rings. The van der Waals surface area contributed by atoms with Gasteiger partial charge in [0.15, 0.2) is 11.6 Å². The number of hydrazone groups is 1. The molecule has 0 bridgehead atoms. The summed E-state index contributed by atoms with van der Waals surface area (Å²) in [4.78, 5) is 23.0. The molecule has 1 N–H and O–H groups in total. The normalized spacial score (nSPS) is 15.2. The van der Waals surface area contributed by atoms with Gasteiger partial charge in [0.1, 0.15) is 5.71 Å². The second kappa shape index (κ2) is 5.13. The van der Waals surface area contributed by atoms with E-state index in [1.165, 1.54) is 13.1 Å². The molecular weight excluding hydrogens is 256 g/mol. The van der Waals surface area contributed by atoms with Crippen LogP contribution in [0.1, 0.15) is 12.8 Å². The number of hydrogen-bond acceptors (Lipinski definition) is 3. The SMILES string of the molecule is CN1N=C(C(=O)Nc2ccc(F)c(F)c2)CCC1=O. The summed E-state index contributed by atoms with van der Waals surface area (Å²) in [5, 5.41) is 7.31. The largest absolute Gasteiger partial charge is 0.321 e. The summed E-state index contributed by atoms with van der Waals surface area (Å²) >= 11 is 0. The first-order valence-electron chi connectivity index (χ1n) is 5.58. The quantitative estimate of drug-likeness (QED) is 0.882. The minimum atomic E-state index is -1.05. The second-order valence-electron chi connectivity index (χ2n) is 4.05. The van der Waals surface area contributed by atoms with Crippen molar-refractivity contribution in [2.75, 3.05) is 12.4 Å². The molecule has 2 amide bonds. The van der Waals surface area contributed by atoms with Crippen LogP contribution in [-0.4, -0.2) is 29.6 Å². The number of hydrogen-bond donors (Lipinski definition) is 1. The smallest absolute Gasteiger partial charge is 0.271 e. The van der Waals surface area contributed by atoms with Gasteiger partial charge in [0.25, 0.3) is 5.91 Å². The maximum Gasteiger partial charge on any atom is 0.271 e. The van der Waals surface area contributed by atoms with Crippen molar-refractivity contribution in [1.82, 2.24) is 5.01 Å². The van der Waals surface area contributed by atoms with E-state index in [-0.39, 0.29) is 30.1 Å². The third-order valence-corrected chi connectivity index (χ3v) is 2.65. The van der Waals surface area contributed by atoms with E-state index in [1.54, 1.807) is 0 Å². The Hall–Kier alpha value is -2.31. The van der Waals surface area contributed by atoms with Crippen LogP contribution in [0.15, 0.2) is 23.3 Å². The lowest BCUT2D eigenvalue weighted by Gasteiger charge is -2.18. The van der Waals surface area contributed by atoms with Crippen molar-refractivity contribution in [3.05, 3.63) is 29.8 Å². The van der Waals surface area contributed by atoms with E-state index in [4.69, 9.17) is 0 Å². The molecule has 100 valence electrons. The molecule has 5 nitrogen and oxygen atoms in total. The molecule has 0 aliphatic carbocycles. The van der Waals surface area contributed by atoms with Crippen LogP contribution in [-0.2, 0) is 9.59 Å². The van der Waals surface area contributed by atoms with E-state index < -0.39 is 17.5 Å². The average molecular weight is 267 g/mol. The molecule has 0 saturated heterocycles. The fourth-order valence-corrected chi connectivity index (χ4v) is 1.61. The molecule has 0 saturated carbocycles. The Morgan fingerprint density at radius 1 is 1.32 bits per heavy atom. The van der Waals surface area contributed by atoms with E-state index >= 15 is 0 Å². The van der Waals surface area contributed by atoms with Gasteiger partial charge in [0.05, 0.1) is 0 Å². The number of benzene rings is 1. The van der Waals surface area contributed by atoms with Crippen molar-refractivity contribution in [3.8, 4) is 0 Å². The first-order chi connectivity index (χ1) is 8.97. The number of anilines is 1. The minimum Gasteiger partial charge on any atom is -0.321 e. The van der Waals surface area contributed by atoms with Gasteiger partial charge in [-0.3, -0.25) is 9.59 Å². The van der Waals surface area contributed by atoms with Crippen molar-refractivity contribution in [2.45, 2.75) is 12.8 Å². The third-order valence-electron chi connectivity index (χ3n) is 2.65. The molecule has 0 fully saturated rings. The molecule has 0 aromatic heterocycles. The molecule has 2 rings (SSSR count). The van der Waals surface area contributed by atoms with E-state index in [1.807, 2.05) is 0 Å². The first kappa shape index (κ1) is 13.1. The predicted molar refractivity (Wildman–Crippen MR) is 64.4 cm³/mol. The molecule has 0 radical (unpaired) electrons. The summed E-state index contributed by atoms with van der Waals surface area (Å²) in [6, 6.07) is 3.04. The van der Waals surface area contributed by atoms with Gasteiger partial charge in [0, 0.05) is 31.6 Å². The van der Waals surface area contributed by atoms with Crippen molar-refractivity contribution < 1.29 is 18.4 Å². The zero-order chi connectivity index (χ0) is 14.0. The Morgan fingerprint density at radius 2 is 2.05 bits per heavy atom. The number of nitrogens with one attached hydrogen (secondary N) is 1.